The van der Waals surface area contributed by atoms with Crippen molar-refractivity contribution in [1.29, 1.82) is 0 Å². The Bertz CT molecular complexity index is 1100. The third-order valence-electron chi connectivity index (χ3n) is 6.56. The fourth-order valence-corrected chi connectivity index (χ4v) is 4.99. The summed E-state index contributed by atoms with van der Waals surface area (Å²) < 4.78 is 0. The van der Waals surface area contributed by atoms with E-state index in [-0.39, 0.29) is 24.0 Å². The van der Waals surface area contributed by atoms with Crippen molar-refractivity contribution in [3.05, 3.63) is 65.9 Å². The normalized spacial score (nSPS) is 24.4. The summed E-state index contributed by atoms with van der Waals surface area (Å²) in [5, 5.41) is 3.56. The third kappa shape index (κ3) is 3.54. The number of anilines is 1. The number of fused-ring (bicyclic) bond motifs is 2. The molecule has 158 valence electrons. The standard InChI is InChI=1S/C24H26N6O/c1-14-5-6-21(27-12-14)29-19-10-17-11-20(19)30(16(17)3)24(31)22-18(9-15(2)13-28-22)23-25-7-4-8-26-23/h4-9,12-13,16-17,19-20H,10-11H2,1-3H3,(H,27,29). The summed E-state index contributed by atoms with van der Waals surface area (Å²) >= 11 is 0. The van der Waals surface area contributed by atoms with Gasteiger partial charge in [0.2, 0.25) is 0 Å². The van der Waals surface area contributed by atoms with Gasteiger partial charge < -0.3 is 10.2 Å². The fraction of sp³-hybridized carbons (Fsp3) is 0.375. The summed E-state index contributed by atoms with van der Waals surface area (Å²) in [6, 6.07) is 8.24. The van der Waals surface area contributed by atoms with Crippen LogP contribution in [-0.4, -0.2) is 48.9 Å². The minimum Gasteiger partial charge on any atom is -0.365 e. The molecule has 7 nitrogen and oxygen atoms in total. The van der Waals surface area contributed by atoms with Crippen molar-refractivity contribution in [1.82, 2.24) is 24.8 Å². The first kappa shape index (κ1) is 19.6. The number of likely N-dealkylation sites (tertiary alicyclic amines) is 1. The number of rotatable bonds is 4. The van der Waals surface area contributed by atoms with E-state index in [1.807, 2.05) is 37.1 Å². The van der Waals surface area contributed by atoms with E-state index in [9.17, 15) is 4.79 Å². The van der Waals surface area contributed by atoms with Crippen molar-refractivity contribution < 1.29 is 4.79 Å². The first-order valence-corrected chi connectivity index (χ1v) is 10.8. The number of nitrogens with zero attached hydrogens (tertiary/aromatic N) is 5. The number of aryl methyl sites for hydroxylation is 2. The molecular formula is C24H26N6O. The molecule has 31 heavy (non-hydrogen) atoms. The molecule has 7 heteroatoms. The maximum absolute atomic E-state index is 13.8. The number of pyridine rings is 2. The molecule has 0 aromatic carbocycles. The number of piperidine rings is 1. The highest BCUT2D eigenvalue weighted by Gasteiger charge is 2.52. The lowest BCUT2D eigenvalue weighted by atomic mass is 9.97. The van der Waals surface area contributed by atoms with Crippen molar-refractivity contribution in [3.63, 3.8) is 0 Å². The van der Waals surface area contributed by atoms with E-state index in [0.717, 1.165) is 29.8 Å². The molecule has 4 atom stereocenters. The van der Waals surface area contributed by atoms with Gasteiger partial charge in [-0.25, -0.2) is 15.0 Å². The molecule has 0 spiro atoms. The Morgan fingerprint density at radius 2 is 1.81 bits per heavy atom. The molecule has 1 N–H and O–H groups in total. The first-order valence-electron chi connectivity index (χ1n) is 10.8. The van der Waals surface area contributed by atoms with Gasteiger partial charge in [0.25, 0.3) is 5.91 Å². The molecule has 3 aromatic heterocycles. The number of nitrogens with one attached hydrogen (secondary N) is 1. The van der Waals surface area contributed by atoms with Gasteiger partial charge in [-0.2, -0.15) is 0 Å². The molecule has 2 aliphatic rings. The van der Waals surface area contributed by atoms with E-state index in [2.05, 4.69) is 38.2 Å². The third-order valence-corrected chi connectivity index (χ3v) is 6.56. The number of aromatic nitrogens is 4. The molecule has 0 radical (unpaired) electrons. The quantitative estimate of drug-likeness (QED) is 0.702. The Morgan fingerprint density at radius 1 is 1.03 bits per heavy atom. The summed E-state index contributed by atoms with van der Waals surface area (Å²) in [7, 11) is 0. The first-order chi connectivity index (χ1) is 15.0. The van der Waals surface area contributed by atoms with Crippen LogP contribution in [0.2, 0.25) is 0 Å². The van der Waals surface area contributed by atoms with E-state index < -0.39 is 0 Å². The molecule has 1 aliphatic carbocycles. The lowest BCUT2D eigenvalue weighted by molar-refractivity contribution is 0.0593. The molecule has 1 aliphatic heterocycles. The van der Waals surface area contributed by atoms with Crippen LogP contribution in [0.1, 0.15) is 41.4 Å². The van der Waals surface area contributed by atoms with Gasteiger partial charge in [-0.1, -0.05) is 6.07 Å². The second kappa shape index (κ2) is 7.72. The summed E-state index contributed by atoms with van der Waals surface area (Å²) in [5.74, 6) is 1.80. The number of hydrogen-bond donors (Lipinski definition) is 1. The van der Waals surface area contributed by atoms with Crippen LogP contribution in [0.25, 0.3) is 11.4 Å². The zero-order valence-corrected chi connectivity index (χ0v) is 18.0. The van der Waals surface area contributed by atoms with Crippen molar-refractivity contribution in [2.24, 2.45) is 5.92 Å². The minimum absolute atomic E-state index is 0.0502. The van der Waals surface area contributed by atoms with Crippen LogP contribution in [-0.2, 0) is 0 Å². The lowest BCUT2D eigenvalue weighted by Crippen LogP contribution is -2.52. The maximum Gasteiger partial charge on any atom is 0.273 e. The van der Waals surface area contributed by atoms with Crippen molar-refractivity contribution in [2.75, 3.05) is 5.32 Å². The van der Waals surface area contributed by atoms with E-state index >= 15 is 0 Å². The molecule has 2 fully saturated rings. The Kier molecular flexibility index (Phi) is 4.88. The van der Waals surface area contributed by atoms with E-state index in [1.165, 1.54) is 0 Å². The van der Waals surface area contributed by atoms with Crippen molar-refractivity contribution in [3.8, 4) is 11.4 Å². The van der Waals surface area contributed by atoms with Crippen molar-refractivity contribution in [2.45, 2.75) is 51.7 Å². The number of hydrogen-bond acceptors (Lipinski definition) is 6. The Hall–Kier alpha value is -3.35. The topological polar surface area (TPSA) is 83.9 Å². The van der Waals surface area contributed by atoms with Crippen LogP contribution in [0.3, 0.4) is 0 Å². The second-order valence-corrected chi connectivity index (χ2v) is 8.70. The van der Waals surface area contributed by atoms with Gasteiger partial charge in [-0.15, -0.1) is 0 Å². The Morgan fingerprint density at radius 3 is 2.52 bits per heavy atom. The van der Waals surface area contributed by atoms with Crippen LogP contribution in [0.15, 0.2) is 49.1 Å². The molecule has 1 amide bonds. The Labute approximate surface area is 182 Å². The highest BCUT2D eigenvalue weighted by Crippen LogP contribution is 2.44. The molecular weight excluding hydrogens is 388 g/mol. The van der Waals surface area contributed by atoms with Crippen LogP contribution in [0.4, 0.5) is 5.82 Å². The van der Waals surface area contributed by atoms with Gasteiger partial charge in [0.05, 0.1) is 11.6 Å². The smallest absolute Gasteiger partial charge is 0.273 e. The molecule has 3 aromatic rings. The van der Waals surface area contributed by atoms with Gasteiger partial charge in [0.1, 0.15) is 11.5 Å². The average molecular weight is 415 g/mol. The maximum atomic E-state index is 13.8. The molecule has 1 saturated heterocycles. The SMILES string of the molecule is Cc1ccc(NC2CC3CC2N(C(=O)c2ncc(C)cc2-c2ncccn2)C3C)nc1. The van der Waals surface area contributed by atoms with E-state index in [4.69, 9.17) is 0 Å². The van der Waals surface area contributed by atoms with E-state index in [1.54, 1.807) is 24.7 Å². The van der Waals surface area contributed by atoms with Gasteiger partial charge in [-0.05, 0) is 68.9 Å². The van der Waals surface area contributed by atoms with Crippen LogP contribution < -0.4 is 5.32 Å². The van der Waals surface area contributed by atoms with Gasteiger partial charge in [0, 0.05) is 36.9 Å². The summed E-state index contributed by atoms with van der Waals surface area (Å²) in [6.45, 7) is 6.14. The van der Waals surface area contributed by atoms with Crippen LogP contribution in [0.5, 0.6) is 0 Å². The monoisotopic (exact) mass is 414 g/mol. The molecule has 4 heterocycles. The number of carbonyl (C=O) groups is 1. The molecule has 1 saturated carbocycles. The van der Waals surface area contributed by atoms with Gasteiger partial charge >= 0.3 is 0 Å². The summed E-state index contributed by atoms with van der Waals surface area (Å²) in [4.78, 5) is 33.5. The van der Waals surface area contributed by atoms with Crippen LogP contribution >= 0.6 is 0 Å². The predicted octanol–water partition coefficient (Wildman–Crippen LogP) is 3.65. The highest BCUT2D eigenvalue weighted by molar-refractivity contribution is 5.99. The molecule has 4 unspecified atom stereocenters. The predicted molar refractivity (Wildman–Crippen MR) is 119 cm³/mol. The van der Waals surface area contributed by atoms with Crippen molar-refractivity contribution >= 4 is 11.7 Å². The van der Waals surface area contributed by atoms with E-state index in [0.29, 0.717) is 23.0 Å². The van der Waals surface area contributed by atoms with Gasteiger partial charge in [0.15, 0.2) is 5.82 Å². The minimum atomic E-state index is -0.0502. The average Bonchev–Trinajstić information content (AvgIpc) is 3.33. The van der Waals surface area contributed by atoms with Gasteiger partial charge in [-0.3, -0.25) is 9.78 Å². The lowest BCUT2D eigenvalue weighted by Gasteiger charge is -2.38. The Balaban J connectivity index is 1.45. The molecule has 2 bridgehead atoms. The molecule has 5 rings (SSSR count). The number of amides is 1. The van der Waals surface area contributed by atoms with Crippen LogP contribution in [0, 0.1) is 19.8 Å². The summed E-state index contributed by atoms with van der Waals surface area (Å²) in [5.41, 5.74) is 3.21. The zero-order chi connectivity index (χ0) is 21.5. The fourth-order valence-electron chi connectivity index (χ4n) is 4.99. The summed E-state index contributed by atoms with van der Waals surface area (Å²) in [6.07, 6.45) is 9.02. The number of carbonyl (C=O) groups excluding carboxylic acids is 1. The highest BCUT2D eigenvalue weighted by atomic mass is 16.2. The largest absolute Gasteiger partial charge is 0.365 e. The second-order valence-electron chi connectivity index (χ2n) is 8.70. The zero-order valence-electron chi connectivity index (χ0n) is 18.0.